The third-order valence-corrected chi connectivity index (χ3v) is 3.38. The topological polar surface area (TPSA) is 47.7 Å². The highest BCUT2D eigenvalue weighted by atomic mass is 16.7. The lowest BCUT2D eigenvalue weighted by molar-refractivity contribution is -0.116. The molecule has 0 radical (unpaired) electrons. The minimum absolute atomic E-state index is 0.149. The zero-order valence-corrected chi connectivity index (χ0v) is 12.7. The van der Waals surface area contributed by atoms with Crippen LogP contribution in [0, 0.1) is 0 Å². The van der Waals surface area contributed by atoms with Gasteiger partial charge in [-0.15, -0.1) is 0 Å². The van der Waals surface area contributed by atoms with Crippen molar-refractivity contribution in [2.75, 3.05) is 33.9 Å². The molecule has 0 aliphatic heterocycles. The summed E-state index contributed by atoms with van der Waals surface area (Å²) in [5.41, 5.74) is 5.92. The molecule has 0 aromatic heterocycles. The lowest BCUT2D eigenvalue weighted by Crippen LogP contribution is -2.44. The van der Waals surface area contributed by atoms with E-state index in [1.165, 1.54) is 25.7 Å². The Morgan fingerprint density at radius 2 is 1.50 bits per heavy atom. The van der Waals surface area contributed by atoms with Gasteiger partial charge in [0.15, 0.2) is 6.29 Å². The molecule has 2 N–H and O–H groups in total. The molecule has 0 aromatic carbocycles. The SMILES string of the molecule is CCCCN(CCCC)C(CN)CC(OC)OC. The van der Waals surface area contributed by atoms with E-state index in [9.17, 15) is 0 Å². The van der Waals surface area contributed by atoms with Crippen molar-refractivity contribution in [1.29, 1.82) is 0 Å². The quantitative estimate of drug-likeness (QED) is 0.547. The standard InChI is InChI=1S/C14H32N2O2/c1-5-7-9-16(10-8-6-2)13(12-15)11-14(17-3)18-4/h13-14H,5-12,15H2,1-4H3. The third kappa shape index (κ3) is 7.31. The van der Waals surface area contributed by atoms with Crippen LogP contribution in [-0.2, 0) is 9.47 Å². The van der Waals surface area contributed by atoms with Crippen LogP contribution in [0.3, 0.4) is 0 Å². The third-order valence-electron chi connectivity index (χ3n) is 3.38. The Morgan fingerprint density at radius 3 is 1.83 bits per heavy atom. The summed E-state index contributed by atoms with van der Waals surface area (Å²) in [7, 11) is 3.37. The van der Waals surface area contributed by atoms with E-state index in [-0.39, 0.29) is 6.29 Å². The minimum atomic E-state index is -0.149. The average molecular weight is 260 g/mol. The molecule has 0 aromatic rings. The highest BCUT2D eigenvalue weighted by molar-refractivity contribution is 4.74. The maximum absolute atomic E-state index is 5.92. The molecule has 0 spiro atoms. The van der Waals surface area contributed by atoms with E-state index in [1.807, 2.05) is 0 Å². The van der Waals surface area contributed by atoms with E-state index in [0.29, 0.717) is 12.6 Å². The molecule has 110 valence electrons. The van der Waals surface area contributed by atoms with Gasteiger partial charge >= 0.3 is 0 Å². The molecule has 4 heteroatoms. The van der Waals surface area contributed by atoms with Crippen LogP contribution in [0.1, 0.15) is 46.0 Å². The van der Waals surface area contributed by atoms with Crippen molar-refractivity contribution in [3.8, 4) is 0 Å². The summed E-state index contributed by atoms with van der Waals surface area (Å²) in [6.07, 6.45) is 5.59. The summed E-state index contributed by atoms with van der Waals surface area (Å²) in [6.45, 7) is 7.36. The molecular formula is C14H32N2O2. The summed E-state index contributed by atoms with van der Waals surface area (Å²) in [4.78, 5) is 2.50. The second-order valence-corrected chi connectivity index (χ2v) is 4.77. The number of ether oxygens (including phenoxy) is 2. The lowest BCUT2D eigenvalue weighted by Gasteiger charge is -2.32. The molecule has 0 aliphatic rings. The molecular weight excluding hydrogens is 228 g/mol. The van der Waals surface area contributed by atoms with Crippen molar-refractivity contribution >= 4 is 0 Å². The first-order valence-corrected chi connectivity index (χ1v) is 7.23. The Morgan fingerprint density at radius 1 is 1.00 bits per heavy atom. The van der Waals surface area contributed by atoms with Crippen molar-refractivity contribution in [3.05, 3.63) is 0 Å². The Bertz CT molecular complexity index is 167. The number of rotatable bonds is 12. The van der Waals surface area contributed by atoms with Gasteiger partial charge in [0.1, 0.15) is 0 Å². The Labute approximate surface area is 113 Å². The van der Waals surface area contributed by atoms with Gasteiger partial charge in [-0.3, -0.25) is 4.90 Å². The smallest absolute Gasteiger partial charge is 0.158 e. The molecule has 18 heavy (non-hydrogen) atoms. The fourth-order valence-electron chi connectivity index (χ4n) is 2.10. The van der Waals surface area contributed by atoms with Gasteiger partial charge in [0.05, 0.1) is 0 Å². The van der Waals surface area contributed by atoms with Crippen LogP contribution in [-0.4, -0.2) is 51.1 Å². The molecule has 4 nitrogen and oxygen atoms in total. The van der Waals surface area contributed by atoms with Crippen LogP contribution in [0.4, 0.5) is 0 Å². The fraction of sp³-hybridized carbons (Fsp3) is 1.00. The van der Waals surface area contributed by atoms with E-state index >= 15 is 0 Å². The van der Waals surface area contributed by atoms with E-state index in [0.717, 1.165) is 19.5 Å². The molecule has 1 atom stereocenters. The maximum atomic E-state index is 5.92. The molecule has 0 bridgehead atoms. The fourth-order valence-corrected chi connectivity index (χ4v) is 2.10. The number of nitrogens with zero attached hydrogens (tertiary/aromatic N) is 1. The maximum Gasteiger partial charge on any atom is 0.158 e. The number of hydrogen-bond donors (Lipinski definition) is 1. The van der Waals surface area contributed by atoms with Gasteiger partial charge in [-0.2, -0.15) is 0 Å². The van der Waals surface area contributed by atoms with Gasteiger partial charge in [-0.25, -0.2) is 0 Å². The van der Waals surface area contributed by atoms with Crippen molar-refractivity contribution in [1.82, 2.24) is 4.90 Å². The number of hydrogen-bond acceptors (Lipinski definition) is 4. The lowest BCUT2D eigenvalue weighted by atomic mass is 10.1. The predicted octanol–water partition coefficient (Wildman–Crippen LogP) is 2.22. The zero-order valence-electron chi connectivity index (χ0n) is 12.7. The molecule has 0 saturated carbocycles. The van der Waals surface area contributed by atoms with Crippen LogP contribution in [0.2, 0.25) is 0 Å². The first kappa shape index (κ1) is 17.8. The van der Waals surface area contributed by atoms with Crippen LogP contribution in [0.25, 0.3) is 0 Å². The van der Waals surface area contributed by atoms with Crippen molar-refractivity contribution in [2.45, 2.75) is 58.3 Å². The number of unbranched alkanes of at least 4 members (excludes halogenated alkanes) is 2. The normalized spacial score (nSPS) is 13.5. The number of nitrogens with two attached hydrogens (primary N) is 1. The summed E-state index contributed by atoms with van der Waals surface area (Å²) >= 11 is 0. The molecule has 0 fully saturated rings. The van der Waals surface area contributed by atoms with Gasteiger partial charge in [-0.1, -0.05) is 26.7 Å². The van der Waals surface area contributed by atoms with Gasteiger partial charge in [0.2, 0.25) is 0 Å². The Balaban J connectivity index is 4.36. The van der Waals surface area contributed by atoms with Crippen molar-refractivity contribution in [2.24, 2.45) is 5.73 Å². The number of methoxy groups -OCH3 is 2. The van der Waals surface area contributed by atoms with Gasteiger partial charge in [0, 0.05) is 33.2 Å². The molecule has 0 heterocycles. The second kappa shape index (κ2) is 11.9. The first-order valence-electron chi connectivity index (χ1n) is 7.23. The highest BCUT2D eigenvalue weighted by Crippen LogP contribution is 2.12. The largest absolute Gasteiger partial charge is 0.356 e. The van der Waals surface area contributed by atoms with Gasteiger partial charge < -0.3 is 15.2 Å². The molecule has 1 unspecified atom stereocenters. The first-order chi connectivity index (χ1) is 8.73. The van der Waals surface area contributed by atoms with Gasteiger partial charge in [-0.05, 0) is 25.9 Å². The monoisotopic (exact) mass is 260 g/mol. The average Bonchev–Trinajstić information content (AvgIpc) is 2.41. The van der Waals surface area contributed by atoms with E-state index in [1.54, 1.807) is 14.2 Å². The van der Waals surface area contributed by atoms with Crippen LogP contribution < -0.4 is 5.73 Å². The highest BCUT2D eigenvalue weighted by Gasteiger charge is 2.20. The minimum Gasteiger partial charge on any atom is -0.356 e. The van der Waals surface area contributed by atoms with Crippen LogP contribution in [0.5, 0.6) is 0 Å². The zero-order chi connectivity index (χ0) is 13.8. The van der Waals surface area contributed by atoms with E-state index in [2.05, 4.69) is 18.7 Å². The van der Waals surface area contributed by atoms with E-state index < -0.39 is 0 Å². The van der Waals surface area contributed by atoms with Gasteiger partial charge in [0.25, 0.3) is 0 Å². The van der Waals surface area contributed by atoms with Crippen LogP contribution >= 0.6 is 0 Å². The Hall–Kier alpha value is -0.160. The molecule has 0 saturated heterocycles. The van der Waals surface area contributed by atoms with Crippen LogP contribution in [0.15, 0.2) is 0 Å². The van der Waals surface area contributed by atoms with Crippen molar-refractivity contribution in [3.63, 3.8) is 0 Å². The summed E-state index contributed by atoms with van der Waals surface area (Å²) in [6, 6.07) is 0.355. The molecule has 0 rings (SSSR count). The summed E-state index contributed by atoms with van der Waals surface area (Å²) < 4.78 is 10.6. The summed E-state index contributed by atoms with van der Waals surface area (Å²) in [5, 5.41) is 0. The Kier molecular flexibility index (Phi) is 11.8. The predicted molar refractivity (Wildman–Crippen MR) is 76.7 cm³/mol. The van der Waals surface area contributed by atoms with E-state index in [4.69, 9.17) is 15.2 Å². The molecule has 0 aliphatic carbocycles. The second-order valence-electron chi connectivity index (χ2n) is 4.77. The summed E-state index contributed by atoms with van der Waals surface area (Å²) in [5.74, 6) is 0. The van der Waals surface area contributed by atoms with Crippen molar-refractivity contribution < 1.29 is 9.47 Å². The molecule has 0 amide bonds.